The molecule has 0 fully saturated rings. The van der Waals surface area contributed by atoms with Crippen molar-refractivity contribution in [2.45, 2.75) is 26.9 Å². The highest BCUT2D eigenvalue weighted by Gasteiger charge is 2.15. The monoisotopic (exact) mass is 336 g/mol. The van der Waals surface area contributed by atoms with Gasteiger partial charge in [0.2, 0.25) is 5.89 Å². The number of aryl methyl sites for hydroxylation is 2. The predicted octanol–water partition coefficient (Wildman–Crippen LogP) is 4.36. The van der Waals surface area contributed by atoms with Crippen LogP contribution in [0, 0.1) is 13.8 Å². The number of rotatable bonds is 5. The number of nitrogens with zero attached hydrogens (tertiary/aromatic N) is 1. The van der Waals surface area contributed by atoms with E-state index < -0.39 is 6.10 Å². The lowest BCUT2D eigenvalue weighted by Crippen LogP contribution is -2.30. The molecule has 1 heterocycles. The third-order valence-electron chi connectivity index (χ3n) is 3.85. The van der Waals surface area contributed by atoms with Gasteiger partial charge in [0.25, 0.3) is 5.91 Å². The maximum Gasteiger partial charge on any atom is 0.265 e. The molecule has 128 valence electrons. The van der Waals surface area contributed by atoms with E-state index in [0.717, 1.165) is 17.0 Å². The Bertz CT molecular complexity index is 835. The largest absolute Gasteiger partial charge is 0.481 e. The molecule has 0 saturated carbocycles. The molecule has 5 heteroatoms. The Morgan fingerprint density at radius 3 is 2.36 bits per heavy atom. The molecule has 0 radical (unpaired) electrons. The van der Waals surface area contributed by atoms with Gasteiger partial charge in [0.15, 0.2) is 6.10 Å². The van der Waals surface area contributed by atoms with Crippen molar-refractivity contribution in [1.82, 2.24) is 4.98 Å². The number of anilines is 1. The van der Waals surface area contributed by atoms with E-state index >= 15 is 0 Å². The SMILES string of the molecule is Cc1nc(-c2ccc(NC(=O)C(C)Oc3ccccc3)cc2)oc1C. The first-order valence-corrected chi connectivity index (χ1v) is 8.10. The van der Waals surface area contributed by atoms with Crippen LogP contribution in [0.4, 0.5) is 5.69 Å². The van der Waals surface area contributed by atoms with Gasteiger partial charge in [-0.25, -0.2) is 4.98 Å². The summed E-state index contributed by atoms with van der Waals surface area (Å²) in [7, 11) is 0. The molecule has 3 rings (SSSR count). The third-order valence-corrected chi connectivity index (χ3v) is 3.85. The topological polar surface area (TPSA) is 64.4 Å². The summed E-state index contributed by atoms with van der Waals surface area (Å²) < 4.78 is 11.2. The predicted molar refractivity (Wildman–Crippen MR) is 96.6 cm³/mol. The summed E-state index contributed by atoms with van der Waals surface area (Å²) in [5, 5.41) is 2.84. The van der Waals surface area contributed by atoms with Gasteiger partial charge in [-0.05, 0) is 57.2 Å². The van der Waals surface area contributed by atoms with Gasteiger partial charge in [-0.1, -0.05) is 18.2 Å². The molecule has 0 spiro atoms. The van der Waals surface area contributed by atoms with Crippen molar-refractivity contribution in [3.8, 4) is 17.2 Å². The molecule has 1 aromatic heterocycles. The Kier molecular flexibility index (Phi) is 4.84. The van der Waals surface area contributed by atoms with Crippen molar-refractivity contribution in [1.29, 1.82) is 0 Å². The summed E-state index contributed by atoms with van der Waals surface area (Å²) >= 11 is 0. The summed E-state index contributed by atoms with van der Waals surface area (Å²) in [4.78, 5) is 16.6. The standard InChI is InChI=1S/C20H20N2O3/c1-13-14(2)25-20(21-13)16-9-11-17(12-10-16)22-19(23)15(3)24-18-7-5-4-6-8-18/h4-12,15H,1-3H3,(H,22,23). The first-order valence-electron chi connectivity index (χ1n) is 8.10. The quantitative estimate of drug-likeness (QED) is 0.751. The van der Waals surface area contributed by atoms with Crippen LogP contribution in [-0.4, -0.2) is 17.0 Å². The van der Waals surface area contributed by atoms with E-state index in [9.17, 15) is 4.79 Å². The van der Waals surface area contributed by atoms with Gasteiger partial charge in [-0.3, -0.25) is 4.79 Å². The van der Waals surface area contributed by atoms with Gasteiger partial charge < -0.3 is 14.5 Å². The van der Waals surface area contributed by atoms with Crippen LogP contribution in [0.1, 0.15) is 18.4 Å². The number of carbonyl (C=O) groups is 1. The average Bonchev–Trinajstić information content (AvgIpc) is 2.95. The molecule has 0 aliphatic heterocycles. The molecular formula is C20H20N2O3. The van der Waals surface area contributed by atoms with Crippen molar-refractivity contribution in [3.63, 3.8) is 0 Å². The molecule has 3 aromatic rings. The van der Waals surface area contributed by atoms with Gasteiger partial charge in [0, 0.05) is 11.3 Å². The van der Waals surface area contributed by atoms with E-state index in [4.69, 9.17) is 9.15 Å². The first kappa shape index (κ1) is 16.8. The maximum atomic E-state index is 12.3. The van der Waals surface area contributed by atoms with Crippen LogP contribution in [0.3, 0.4) is 0 Å². The van der Waals surface area contributed by atoms with Crippen molar-refractivity contribution in [2.24, 2.45) is 0 Å². The highest BCUT2D eigenvalue weighted by Crippen LogP contribution is 2.23. The fourth-order valence-corrected chi connectivity index (χ4v) is 2.29. The van der Waals surface area contributed by atoms with Crippen LogP contribution in [-0.2, 0) is 4.79 Å². The lowest BCUT2D eigenvalue weighted by molar-refractivity contribution is -0.122. The highest BCUT2D eigenvalue weighted by atomic mass is 16.5. The summed E-state index contributed by atoms with van der Waals surface area (Å²) in [5.41, 5.74) is 2.43. The van der Waals surface area contributed by atoms with E-state index in [1.165, 1.54) is 0 Å². The lowest BCUT2D eigenvalue weighted by atomic mass is 10.2. The molecule has 0 aliphatic rings. The van der Waals surface area contributed by atoms with Crippen molar-refractivity contribution >= 4 is 11.6 Å². The zero-order chi connectivity index (χ0) is 17.8. The van der Waals surface area contributed by atoms with Crippen LogP contribution in [0.5, 0.6) is 5.75 Å². The molecule has 25 heavy (non-hydrogen) atoms. The zero-order valence-corrected chi connectivity index (χ0v) is 14.4. The Labute approximate surface area is 146 Å². The number of para-hydroxylation sites is 1. The molecule has 1 N–H and O–H groups in total. The zero-order valence-electron chi connectivity index (χ0n) is 14.4. The maximum absolute atomic E-state index is 12.3. The van der Waals surface area contributed by atoms with E-state index in [1.54, 1.807) is 6.92 Å². The van der Waals surface area contributed by atoms with Crippen molar-refractivity contribution < 1.29 is 13.9 Å². The fraction of sp³-hybridized carbons (Fsp3) is 0.200. The van der Waals surface area contributed by atoms with E-state index in [1.807, 2.05) is 68.4 Å². The number of hydrogen-bond donors (Lipinski definition) is 1. The van der Waals surface area contributed by atoms with Gasteiger partial charge in [0.05, 0.1) is 5.69 Å². The van der Waals surface area contributed by atoms with E-state index in [-0.39, 0.29) is 5.91 Å². The minimum Gasteiger partial charge on any atom is -0.481 e. The second-order valence-corrected chi connectivity index (χ2v) is 5.80. The number of nitrogens with one attached hydrogen (secondary N) is 1. The second-order valence-electron chi connectivity index (χ2n) is 5.80. The minimum atomic E-state index is -0.598. The summed E-state index contributed by atoms with van der Waals surface area (Å²) in [5.74, 6) is 1.84. The molecule has 0 aliphatic carbocycles. The fourth-order valence-electron chi connectivity index (χ4n) is 2.29. The van der Waals surface area contributed by atoms with Crippen molar-refractivity contribution in [3.05, 3.63) is 66.1 Å². The number of amides is 1. The Morgan fingerprint density at radius 2 is 1.76 bits per heavy atom. The van der Waals surface area contributed by atoms with E-state index in [0.29, 0.717) is 17.3 Å². The number of ether oxygens (including phenoxy) is 1. The van der Waals surface area contributed by atoms with Gasteiger partial charge >= 0.3 is 0 Å². The number of oxazole rings is 1. The smallest absolute Gasteiger partial charge is 0.265 e. The average molecular weight is 336 g/mol. The molecule has 1 amide bonds. The number of benzene rings is 2. The molecule has 2 aromatic carbocycles. The summed E-state index contributed by atoms with van der Waals surface area (Å²) in [6, 6.07) is 16.6. The number of carbonyl (C=O) groups excluding carboxylic acids is 1. The van der Waals surface area contributed by atoms with Gasteiger partial charge in [-0.15, -0.1) is 0 Å². The second kappa shape index (κ2) is 7.21. The highest BCUT2D eigenvalue weighted by molar-refractivity contribution is 5.94. The summed E-state index contributed by atoms with van der Waals surface area (Å²) in [6.07, 6.45) is -0.598. The molecule has 1 atom stereocenters. The van der Waals surface area contributed by atoms with Crippen molar-refractivity contribution in [2.75, 3.05) is 5.32 Å². The van der Waals surface area contributed by atoms with Gasteiger partial charge in [-0.2, -0.15) is 0 Å². The first-order chi connectivity index (χ1) is 12.0. The number of hydrogen-bond acceptors (Lipinski definition) is 4. The normalized spacial score (nSPS) is 11.8. The summed E-state index contributed by atoms with van der Waals surface area (Å²) in [6.45, 7) is 5.51. The Hall–Kier alpha value is -3.08. The van der Waals surface area contributed by atoms with Crippen LogP contribution in [0.15, 0.2) is 59.0 Å². The molecule has 0 saturated heterocycles. The van der Waals surface area contributed by atoms with Crippen LogP contribution >= 0.6 is 0 Å². The molecule has 0 bridgehead atoms. The van der Waals surface area contributed by atoms with E-state index in [2.05, 4.69) is 10.3 Å². The Balaban J connectivity index is 1.63. The van der Waals surface area contributed by atoms with Gasteiger partial charge in [0.1, 0.15) is 11.5 Å². The van der Waals surface area contributed by atoms with Crippen LogP contribution in [0.25, 0.3) is 11.5 Å². The third kappa shape index (κ3) is 4.07. The van der Waals surface area contributed by atoms with Crippen LogP contribution < -0.4 is 10.1 Å². The molecule has 5 nitrogen and oxygen atoms in total. The lowest BCUT2D eigenvalue weighted by Gasteiger charge is -2.14. The Morgan fingerprint density at radius 1 is 1.08 bits per heavy atom. The minimum absolute atomic E-state index is 0.209. The molecule has 1 unspecified atom stereocenters. The van der Waals surface area contributed by atoms with Crippen LogP contribution in [0.2, 0.25) is 0 Å². The number of aromatic nitrogens is 1. The molecular weight excluding hydrogens is 316 g/mol.